The third-order valence-corrected chi connectivity index (χ3v) is 4.26. The Hall–Kier alpha value is -2.57. The summed E-state index contributed by atoms with van der Waals surface area (Å²) in [5, 5.41) is 14.5. The molecule has 0 spiro atoms. The number of aliphatic carboxylic acids is 1. The molecule has 1 aromatic rings. The van der Waals surface area contributed by atoms with Crippen molar-refractivity contribution in [2.24, 2.45) is 17.3 Å². The van der Waals surface area contributed by atoms with E-state index < -0.39 is 23.2 Å². The van der Waals surface area contributed by atoms with Crippen LogP contribution < -0.4 is 15.4 Å². The molecule has 1 heterocycles. The lowest BCUT2D eigenvalue weighted by Gasteiger charge is -2.18. The number of anilines is 2. The lowest BCUT2D eigenvalue weighted by atomic mass is 10.1. The summed E-state index contributed by atoms with van der Waals surface area (Å²) in [6, 6.07) is 4.89. The van der Waals surface area contributed by atoms with Crippen molar-refractivity contribution in [3.8, 4) is 5.75 Å². The fourth-order valence-corrected chi connectivity index (χ4v) is 2.97. The quantitative estimate of drug-likeness (QED) is 0.781. The Labute approximate surface area is 126 Å². The first-order chi connectivity index (χ1) is 10.3. The smallest absolute Gasteiger partial charge is 0.307 e. The fraction of sp³-hybridized carbons (Fsp3) is 0.400. The molecule has 1 aliphatic heterocycles. The van der Waals surface area contributed by atoms with Gasteiger partial charge >= 0.3 is 5.97 Å². The van der Waals surface area contributed by atoms with Crippen LogP contribution in [0.15, 0.2) is 18.2 Å². The third-order valence-electron chi connectivity index (χ3n) is 4.26. The normalized spacial score (nSPS) is 24.5. The van der Waals surface area contributed by atoms with Crippen LogP contribution >= 0.6 is 0 Å². The van der Waals surface area contributed by atoms with Crippen molar-refractivity contribution in [3.63, 3.8) is 0 Å². The number of carboxylic acid groups (broad SMARTS) is 1. The van der Waals surface area contributed by atoms with Crippen molar-refractivity contribution in [3.05, 3.63) is 18.2 Å². The van der Waals surface area contributed by atoms with Gasteiger partial charge in [-0.15, -0.1) is 0 Å². The zero-order chi connectivity index (χ0) is 16.1. The first kappa shape index (κ1) is 14.4. The van der Waals surface area contributed by atoms with Gasteiger partial charge in [0.2, 0.25) is 5.91 Å². The zero-order valence-electron chi connectivity index (χ0n) is 12.2. The number of carbonyl (C=O) groups excluding carboxylic acids is 2. The summed E-state index contributed by atoms with van der Waals surface area (Å²) in [6.45, 7) is 3.49. The van der Waals surface area contributed by atoms with Crippen LogP contribution in [-0.4, -0.2) is 29.5 Å². The summed E-state index contributed by atoms with van der Waals surface area (Å²) in [4.78, 5) is 34.7. The van der Waals surface area contributed by atoms with Gasteiger partial charge in [0.1, 0.15) is 5.75 Å². The van der Waals surface area contributed by atoms with Crippen molar-refractivity contribution in [2.45, 2.75) is 13.8 Å². The standard InChI is InChI=1S/C15H16N2O5/c1-15(2)11(12(15)14(20)21)13(19)16-7-3-4-9-8(5-7)17-10(18)6-22-9/h3-5,11-12H,6H2,1-2H3,(H,16,19)(H,17,18)(H,20,21)/t11-,12+/m0/s1. The minimum absolute atomic E-state index is 0.0325. The second-order valence-corrected chi connectivity index (χ2v) is 6.15. The molecule has 1 fully saturated rings. The van der Waals surface area contributed by atoms with Crippen LogP contribution in [0.2, 0.25) is 0 Å². The summed E-state index contributed by atoms with van der Waals surface area (Å²) in [7, 11) is 0. The second kappa shape index (κ2) is 4.72. The number of nitrogens with one attached hydrogen (secondary N) is 2. The topological polar surface area (TPSA) is 105 Å². The van der Waals surface area contributed by atoms with Crippen LogP contribution in [0.4, 0.5) is 11.4 Å². The fourth-order valence-electron chi connectivity index (χ4n) is 2.97. The highest BCUT2D eigenvalue weighted by Crippen LogP contribution is 2.58. The molecule has 1 aromatic carbocycles. The van der Waals surface area contributed by atoms with E-state index >= 15 is 0 Å². The van der Waals surface area contributed by atoms with E-state index in [-0.39, 0.29) is 18.4 Å². The van der Waals surface area contributed by atoms with Gasteiger partial charge in [-0.3, -0.25) is 14.4 Å². The van der Waals surface area contributed by atoms with Gasteiger partial charge in [0, 0.05) is 5.69 Å². The number of rotatable bonds is 3. The van der Waals surface area contributed by atoms with Gasteiger partial charge in [-0.25, -0.2) is 0 Å². The van der Waals surface area contributed by atoms with Crippen LogP contribution in [0.1, 0.15) is 13.8 Å². The number of hydrogen-bond acceptors (Lipinski definition) is 4. The molecule has 0 saturated heterocycles. The molecule has 0 unspecified atom stereocenters. The van der Waals surface area contributed by atoms with Crippen LogP contribution in [0.25, 0.3) is 0 Å². The minimum atomic E-state index is -0.962. The number of amides is 2. The van der Waals surface area contributed by atoms with Crippen molar-refractivity contribution in [2.75, 3.05) is 17.2 Å². The molecule has 22 heavy (non-hydrogen) atoms. The molecule has 7 heteroatoms. The molecule has 7 nitrogen and oxygen atoms in total. The van der Waals surface area contributed by atoms with Gasteiger partial charge in [0.15, 0.2) is 6.61 Å². The summed E-state index contributed by atoms with van der Waals surface area (Å²) in [5.41, 5.74) is 0.418. The molecule has 2 atom stereocenters. The highest BCUT2D eigenvalue weighted by Gasteiger charge is 2.65. The van der Waals surface area contributed by atoms with Gasteiger partial charge in [0.25, 0.3) is 5.91 Å². The highest BCUT2D eigenvalue weighted by molar-refractivity contribution is 6.01. The second-order valence-electron chi connectivity index (χ2n) is 6.15. The summed E-state index contributed by atoms with van der Waals surface area (Å²) in [5.74, 6) is -2.25. The Balaban J connectivity index is 1.74. The van der Waals surface area contributed by atoms with Gasteiger partial charge in [-0.2, -0.15) is 0 Å². The molecule has 1 aliphatic carbocycles. The van der Waals surface area contributed by atoms with E-state index in [0.29, 0.717) is 17.1 Å². The highest BCUT2D eigenvalue weighted by atomic mass is 16.5. The number of carbonyl (C=O) groups is 3. The molecule has 2 amide bonds. The van der Waals surface area contributed by atoms with Gasteiger partial charge in [0.05, 0.1) is 17.5 Å². The van der Waals surface area contributed by atoms with E-state index in [1.165, 1.54) is 0 Å². The number of fused-ring (bicyclic) bond motifs is 1. The molecular formula is C15H16N2O5. The molecule has 116 valence electrons. The summed E-state index contributed by atoms with van der Waals surface area (Å²) in [6.07, 6.45) is 0. The van der Waals surface area contributed by atoms with Crippen LogP contribution in [0.3, 0.4) is 0 Å². The average Bonchev–Trinajstić information content (AvgIpc) is 3.01. The molecule has 1 saturated carbocycles. The van der Waals surface area contributed by atoms with Crippen molar-refractivity contribution < 1.29 is 24.2 Å². The molecule has 0 bridgehead atoms. The van der Waals surface area contributed by atoms with E-state index in [1.807, 2.05) is 0 Å². The average molecular weight is 304 g/mol. The van der Waals surface area contributed by atoms with Crippen LogP contribution in [0, 0.1) is 17.3 Å². The first-order valence-electron chi connectivity index (χ1n) is 6.91. The Morgan fingerprint density at radius 3 is 2.73 bits per heavy atom. The van der Waals surface area contributed by atoms with E-state index in [0.717, 1.165) is 0 Å². The SMILES string of the molecule is CC1(C)[C@H](C(=O)Nc2ccc3c(c2)NC(=O)CO3)[C@@H]1C(=O)O. The predicted octanol–water partition coefficient (Wildman–Crippen LogP) is 1.31. The van der Waals surface area contributed by atoms with Crippen LogP contribution in [-0.2, 0) is 14.4 Å². The van der Waals surface area contributed by atoms with Crippen molar-refractivity contribution >= 4 is 29.2 Å². The minimum Gasteiger partial charge on any atom is -0.482 e. The maximum atomic E-state index is 12.2. The summed E-state index contributed by atoms with van der Waals surface area (Å²) >= 11 is 0. The van der Waals surface area contributed by atoms with E-state index in [4.69, 9.17) is 9.84 Å². The van der Waals surface area contributed by atoms with E-state index in [2.05, 4.69) is 10.6 Å². The zero-order valence-corrected chi connectivity index (χ0v) is 12.2. The molecule has 0 radical (unpaired) electrons. The van der Waals surface area contributed by atoms with Crippen molar-refractivity contribution in [1.29, 1.82) is 0 Å². The summed E-state index contributed by atoms with van der Waals surface area (Å²) < 4.78 is 5.23. The van der Waals surface area contributed by atoms with Gasteiger partial charge < -0.3 is 20.5 Å². The van der Waals surface area contributed by atoms with Gasteiger partial charge in [-0.1, -0.05) is 13.8 Å². The Morgan fingerprint density at radius 2 is 2.09 bits per heavy atom. The van der Waals surface area contributed by atoms with E-state index in [1.54, 1.807) is 32.0 Å². The first-order valence-corrected chi connectivity index (χ1v) is 6.91. The Morgan fingerprint density at radius 1 is 1.36 bits per heavy atom. The molecular weight excluding hydrogens is 288 g/mol. The molecule has 3 N–H and O–H groups in total. The van der Waals surface area contributed by atoms with E-state index in [9.17, 15) is 14.4 Å². The molecule has 2 aliphatic rings. The molecule has 3 rings (SSSR count). The largest absolute Gasteiger partial charge is 0.482 e. The predicted molar refractivity (Wildman–Crippen MR) is 77.6 cm³/mol. The molecule has 0 aromatic heterocycles. The lowest BCUT2D eigenvalue weighted by Crippen LogP contribution is -2.25. The number of ether oxygens (including phenoxy) is 1. The van der Waals surface area contributed by atoms with Crippen molar-refractivity contribution in [1.82, 2.24) is 0 Å². The maximum absolute atomic E-state index is 12.2. The van der Waals surface area contributed by atoms with Crippen LogP contribution in [0.5, 0.6) is 5.75 Å². The Bertz CT molecular complexity index is 683. The monoisotopic (exact) mass is 304 g/mol. The maximum Gasteiger partial charge on any atom is 0.307 e. The van der Waals surface area contributed by atoms with Gasteiger partial charge in [-0.05, 0) is 23.6 Å². The third kappa shape index (κ3) is 2.28. The lowest BCUT2D eigenvalue weighted by molar-refractivity contribution is -0.140. The number of benzene rings is 1. The number of hydrogen-bond donors (Lipinski definition) is 3. The number of carboxylic acids is 1. The Kier molecular flexibility index (Phi) is 3.09.